The summed E-state index contributed by atoms with van der Waals surface area (Å²) < 4.78 is 11.5. The maximum atomic E-state index is 12.6. The number of benzene rings is 3. The van der Waals surface area contributed by atoms with E-state index in [0.717, 1.165) is 11.3 Å². The standard InChI is InChI=1S/C24H24N2O4/c1-17-5-3-4-6-22(17)29-16-15-26(2)24(28)19-9-13-21(14-10-19)30-20-11-7-18(8-12-20)23(25)27/h3-14H,15-16H2,1-2H3,(H2,25,27). The van der Waals surface area contributed by atoms with Crippen LogP contribution >= 0.6 is 0 Å². The maximum Gasteiger partial charge on any atom is 0.253 e. The van der Waals surface area contributed by atoms with Crippen molar-refractivity contribution in [2.75, 3.05) is 20.2 Å². The molecule has 154 valence electrons. The van der Waals surface area contributed by atoms with Crippen molar-refractivity contribution in [1.29, 1.82) is 0 Å². The van der Waals surface area contributed by atoms with Crippen LogP contribution in [0.3, 0.4) is 0 Å². The zero-order valence-electron chi connectivity index (χ0n) is 17.0. The van der Waals surface area contributed by atoms with Crippen molar-refractivity contribution >= 4 is 11.8 Å². The highest BCUT2D eigenvalue weighted by Crippen LogP contribution is 2.22. The van der Waals surface area contributed by atoms with Crippen LogP contribution in [-0.4, -0.2) is 36.9 Å². The molecule has 6 heteroatoms. The SMILES string of the molecule is Cc1ccccc1OCCN(C)C(=O)c1ccc(Oc2ccc(C(N)=O)cc2)cc1. The Balaban J connectivity index is 1.53. The van der Waals surface area contributed by atoms with E-state index in [2.05, 4.69) is 0 Å². The Morgan fingerprint density at radius 1 is 0.867 bits per heavy atom. The molecule has 3 aromatic rings. The monoisotopic (exact) mass is 404 g/mol. The third-order valence-electron chi connectivity index (χ3n) is 4.60. The Kier molecular flexibility index (Phi) is 6.70. The molecule has 0 fully saturated rings. The number of amides is 2. The van der Waals surface area contributed by atoms with Gasteiger partial charge in [-0.25, -0.2) is 0 Å². The summed E-state index contributed by atoms with van der Waals surface area (Å²) in [5, 5.41) is 0. The summed E-state index contributed by atoms with van der Waals surface area (Å²) in [6.45, 7) is 2.87. The van der Waals surface area contributed by atoms with E-state index in [0.29, 0.717) is 35.8 Å². The fourth-order valence-electron chi connectivity index (χ4n) is 2.82. The third-order valence-corrected chi connectivity index (χ3v) is 4.60. The molecule has 0 aliphatic carbocycles. The van der Waals surface area contributed by atoms with Gasteiger partial charge in [-0.05, 0) is 67.1 Å². The Labute approximate surface area is 175 Å². The number of rotatable bonds is 8. The van der Waals surface area contributed by atoms with Gasteiger partial charge in [0.25, 0.3) is 5.91 Å². The molecule has 0 heterocycles. The predicted octanol–water partition coefficient (Wildman–Crippen LogP) is 4.04. The van der Waals surface area contributed by atoms with Crippen molar-refractivity contribution in [1.82, 2.24) is 4.90 Å². The minimum Gasteiger partial charge on any atom is -0.491 e. The van der Waals surface area contributed by atoms with Gasteiger partial charge in [-0.15, -0.1) is 0 Å². The van der Waals surface area contributed by atoms with Crippen molar-refractivity contribution in [2.45, 2.75) is 6.92 Å². The molecular weight excluding hydrogens is 380 g/mol. The zero-order chi connectivity index (χ0) is 21.5. The first-order valence-electron chi connectivity index (χ1n) is 9.56. The van der Waals surface area contributed by atoms with Crippen LogP contribution in [-0.2, 0) is 0 Å². The first kappa shape index (κ1) is 20.9. The predicted molar refractivity (Wildman–Crippen MR) is 115 cm³/mol. The van der Waals surface area contributed by atoms with Gasteiger partial charge in [-0.1, -0.05) is 18.2 Å². The first-order valence-corrected chi connectivity index (χ1v) is 9.56. The van der Waals surface area contributed by atoms with E-state index in [9.17, 15) is 9.59 Å². The Morgan fingerprint density at radius 2 is 1.43 bits per heavy atom. The Bertz CT molecular complexity index is 1010. The van der Waals surface area contributed by atoms with Crippen LogP contribution in [0, 0.1) is 6.92 Å². The highest BCUT2D eigenvalue weighted by atomic mass is 16.5. The zero-order valence-corrected chi connectivity index (χ0v) is 17.0. The summed E-state index contributed by atoms with van der Waals surface area (Å²) in [4.78, 5) is 25.3. The lowest BCUT2D eigenvalue weighted by Crippen LogP contribution is -2.30. The van der Waals surface area contributed by atoms with E-state index in [4.69, 9.17) is 15.2 Å². The first-order chi connectivity index (χ1) is 14.4. The Morgan fingerprint density at radius 3 is 2.00 bits per heavy atom. The molecule has 2 amide bonds. The highest BCUT2D eigenvalue weighted by Gasteiger charge is 2.12. The van der Waals surface area contributed by atoms with E-state index in [-0.39, 0.29) is 5.91 Å². The maximum absolute atomic E-state index is 12.6. The van der Waals surface area contributed by atoms with Gasteiger partial charge in [-0.3, -0.25) is 9.59 Å². The molecule has 0 radical (unpaired) electrons. The molecule has 2 N–H and O–H groups in total. The summed E-state index contributed by atoms with van der Waals surface area (Å²) >= 11 is 0. The number of para-hydroxylation sites is 1. The molecule has 0 bridgehead atoms. The molecule has 3 rings (SSSR count). The number of likely N-dealkylation sites (N-methyl/N-ethyl adjacent to an activating group) is 1. The number of nitrogens with two attached hydrogens (primary N) is 1. The number of ether oxygens (including phenoxy) is 2. The molecular formula is C24H24N2O4. The van der Waals surface area contributed by atoms with Gasteiger partial charge in [0.05, 0.1) is 6.54 Å². The van der Waals surface area contributed by atoms with E-state index in [1.54, 1.807) is 60.5 Å². The molecule has 0 aliphatic heterocycles. The number of hydrogen-bond donors (Lipinski definition) is 1. The van der Waals surface area contributed by atoms with Gasteiger partial charge in [0.15, 0.2) is 0 Å². The second-order valence-electron chi connectivity index (χ2n) is 6.86. The average Bonchev–Trinajstić information content (AvgIpc) is 2.75. The van der Waals surface area contributed by atoms with Gasteiger partial charge < -0.3 is 20.1 Å². The Hall–Kier alpha value is -3.80. The highest BCUT2D eigenvalue weighted by molar-refractivity contribution is 5.94. The van der Waals surface area contributed by atoms with Gasteiger partial charge in [-0.2, -0.15) is 0 Å². The van der Waals surface area contributed by atoms with Crippen molar-refractivity contribution in [3.63, 3.8) is 0 Å². The summed E-state index contributed by atoms with van der Waals surface area (Å²) in [6, 6.07) is 21.2. The van der Waals surface area contributed by atoms with Crippen LogP contribution in [0.15, 0.2) is 72.8 Å². The molecule has 3 aromatic carbocycles. The van der Waals surface area contributed by atoms with Crippen molar-refractivity contribution in [3.05, 3.63) is 89.5 Å². The second-order valence-corrected chi connectivity index (χ2v) is 6.86. The number of carbonyl (C=O) groups is 2. The van der Waals surface area contributed by atoms with Crippen LogP contribution < -0.4 is 15.2 Å². The molecule has 6 nitrogen and oxygen atoms in total. The lowest BCUT2D eigenvalue weighted by atomic mass is 10.2. The molecule has 0 unspecified atom stereocenters. The summed E-state index contributed by atoms with van der Waals surface area (Å²) in [6.07, 6.45) is 0. The smallest absolute Gasteiger partial charge is 0.253 e. The fourth-order valence-corrected chi connectivity index (χ4v) is 2.82. The minimum absolute atomic E-state index is 0.0965. The van der Waals surface area contributed by atoms with E-state index >= 15 is 0 Å². The summed E-state index contributed by atoms with van der Waals surface area (Å²) in [7, 11) is 1.74. The minimum atomic E-state index is -0.488. The largest absolute Gasteiger partial charge is 0.491 e. The van der Waals surface area contributed by atoms with E-state index < -0.39 is 5.91 Å². The number of nitrogens with zero attached hydrogens (tertiary/aromatic N) is 1. The summed E-state index contributed by atoms with van der Waals surface area (Å²) in [5.74, 6) is 1.40. The van der Waals surface area contributed by atoms with Crippen LogP contribution in [0.5, 0.6) is 17.2 Å². The van der Waals surface area contributed by atoms with Gasteiger partial charge >= 0.3 is 0 Å². The number of aryl methyl sites for hydroxylation is 1. The lowest BCUT2D eigenvalue weighted by Gasteiger charge is -2.18. The van der Waals surface area contributed by atoms with Crippen LogP contribution in [0.4, 0.5) is 0 Å². The van der Waals surface area contributed by atoms with Crippen LogP contribution in [0.25, 0.3) is 0 Å². The third kappa shape index (κ3) is 5.38. The van der Waals surface area contributed by atoms with Crippen LogP contribution in [0.1, 0.15) is 26.3 Å². The quantitative estimate of drug-likeness (QED) is 0.614. The summed E-state index contributed by atoms with van der Waals surface area (Å²) in [5.41, 5.74) is 7.26. The number of primary amides is 1. The average molecular weight is 404 g/mol. The molecule has 0 saturated heterocycles. The van der Waals surface area contributed by atoms with E-state index in [1.165, 1.54) is 0 Å². The van der Waals surface area contributed by atoms with E-state index in [1.807, 2.05) is 31.2 Å². The van der Waals surface area contributed by atoms with Crippen LogP contribution in [0.2, 0.25) is 0 Å². The van der Waals surface area contributed by atoms with Gasteiger partial charge in [0.1, 0.15) is 23.9 Å². The van der Waals surface area contributed by atoms with Crippen molar-refractivity contribution in [2.24, 2.45) is 5.73 Å². The van der Waals surface area contributed by atoms with Crippen molar-refractivity contribution < 1.29 is 19.1 Å². The molecule has 0 atom stereocenters. The molecule has 0 aliphatic rings. The normalized spacial score (nSPS) is 10.3. The molecule has 0 aromatic heterocycles. The molecule has 0 spiro atoms. The van der Waals surface area contributed by atoms with Gasteiger partial charge in [0, 0.05) is 18.2 Å². The van der Waals surface area contributed by atoms with Crippen molar-refractivity contribution in [3.8, 4) is 17.2 Å². The topological polar surface area (TPSA) is 81.9 Å². The molecule has 0 saturated carbocycles. The lowest BCUT2D eigenvalue weighted by molar-refractivity contribution is 0.0773. The number of hydrogen-bond acceptors (Lipinski definition) is 4. The number of carbonyl (C=O) groups excluding carboxylic acids is 2. The second kappa shape index (κ2) is 9.60. The van der Waals surface area contributed by atoms with Gasteiger partial charge in [0.2, 0.25) is 5.91 Å². The fraction of sp³-hybridized carbons (Fsp3) is 0.167. The molecule has 30 heavy (non-hydrogen) atoms.